The van der Waals surface area contributed by atoms with Crippen LogP contribution in [0.4, 0.5) is 4.79 Å². The quantitative estimate of drug-likeness (QED) is 0.633. The van der Waals surface area contributed by atoms with Crippen molar-refractivity contribution in [2.45, 2.75) is 56.0 Å². The van der Waals surface area contributed by atoms with Gasteiger partial charge in [-0.05, 0) is 37.7 Å². The highest BCUT2D eigenvalue weighted by molar-refractivity contribution is 8.00. The maximum atomic E-state index is 12.1. The van der Waals surface area contributed by atoms with Crippen molar-refractivity contribution in [1.29, 1.82) is 0 Å². The SMILES string of the molecule is O=C(CSc1ncnc2sc3c(c12)CCC3)NC(=O)NC1CCCC1. The molecule has 2 heterocycles. The fourth-order valence-corrected chi connectivity index (χ4v) is 5.72. The monoisotopic (exact) mass is 376 g/mol. The molecule has 6 nitrogen and oxygen atoms in total. The van der Waals surface area contributed by atoms with E-state index in [9.17, 15) is 9.59 Å². The second-order valence-electron chi connectivity index (χ2n) is 6.51. The van der Waals surface area contributed by atoms with Crippen LogP contribution >= 0.6 is 23.1 Å². The number of fused-ring (bicyclic) bond motifs is 3. The molecular formula is C17H20N4O2S2. The number of hydrogen-bond donors (Lipinski definition) is 2. The number of rotatable bonds is 4. The van der Waals surface area contributed by atoms with Gasteiger partial charge in [-0.1, -0.05) is 24.6 Å². The molecule has 0 aliphatic heterocycles. The van der Waals surface area contributed by atoms with Crippen LogP contribution in [0, 0.1) is 0 Å². The first-order chi connectivity index (χ1) is 12.2. The Bertz CT molecular complexity index is 814. The van der Waals surface area contributed by atoms with Crippen molar-refractivity contribution in [2.75, 3.05) is 5.75 Å². The predicted octanol–water partition coefficient (Wildman–Crippen LogP) is 3.04. The molecule has 3 amide bonds. The van der Waals surface area contributed by atoms with Crippen LogP contribution in [0.15, 0.2) is 11.4 Å². The zero-order valence-corrected chi connectivity index (χ0v) is 15.5. The number of hydrogen-bond acceptors (Lipinski definition) is 6. The zero-order valence-electron chi connectivity index (χ0n) is 13.8. The minimum Gasteiger partial charge on any atom is -0.335 e. The molecule has 25 heavy (non-hydrogen) atoms. The number of amides is 3. The molecule has 8 heteroatoms. The van der Waals surface area contributed by atoms with Crippen molar-refractivity contribution >= 4 is 45.3 Å². The first kappa shape index (κ1) is 16.8. The van der Waals surface area contributed by atoms with E-state index < -0.39 is 0 Å². The van der Waals surface area contributed by atoms with Gasteiger partial charge in [-0.25, -0.2) is 14.8 Å². The molecule has 2 N–H and O–H groups in total. The molecular weight excluding hydrogens is 356 g/mol. The van der Waals surface area contributed by atoms with Gasteiger partial charge >= 0.3 is 6.03 Å². The normalized spacial score (nSPS) is 17.0. The molecule has 2 aromatic rings. The Kier molecular flexibility index (Phi) is 4.89. The largest absolute Gasteiger partial charge is 0.335 e. The number of aromatic nitrogens is 2. The van der Waals surface area contributed by atoms with E-state index in [0.717, 1.165) is 53.8 Å². The highest BCUT2D eigenvalue weighted by atomic mass is 32.2. The summed E-state index contributed by atoms with van der Waals surface area (Å²) in [6.07, 6.45) is 9.19. The Hall–Kier alpha value is -1.67. The van der Waals surface area contributed by atoms with Gasteiger partial charge in [0.1, 0.15) is 16.2 Å². The van der Waals surface area contributed by atoms with Crippen LogP contribution in [0.1, 0.15) is 42.5 Å². The Morgan fingerprint density at radius 1 is 1.20 bits per heavy atom. The fourth-order valence-electron chi connectivity index (χ4n) is 3.60. The number of carbonyl (C=O) groups excluding carboxylic acids is 2. The molecule has 1 fully saturated rings. The first-order valence-electron chi connectivity index (χ1n) is 8.69. The summed E-state index contributed by atoms with van der Waals surface area (Å²) >= 11 is 3.11. The summed E-state index contributed by atoms with van der Waals surface area (Å²) in [6.45, 7) is 0. The van der Waals surface area contributed by atoms with Crippen molar-refractivity contribution in [3.05, 3.63) is 16.8 Å². The van der Waals surface area contributed by atoms with Crippen molar-refractivity contribution in [1.82, 2.24) is 20.6 Å². The second kappa shape index (κ2) is 7.29. The number of carbonyl (C=O) groups is 2. The molecule has 2 aliphatic carbocycles. The predicted molar refractivity (Wildman–Crippen MR) is 99.1 cm³/mol. The van der Waals surface area contributed by atoms with E-state index in [4.69, 9.17) is 0 Å². The van der Waals surface area contributed by atoms with Gasteiger partial charge in [-0.2, -0.15) is 0 Å². The van der Waals surface area contributed by atoms with Gasteiger partial charge in [-0.3, -0.25) is 10.1 Å². The molecule has 2 aliphatic rings. The highest BCUT2D eigenvalue weighted by Gasteiger charge is 2.22. The number of nitrogens with one attached hydrogen (secondary N) is 2. The Morgan fingerprint density at radius 3 is 2.88 bits per heavy atom. The smallest absolute Gasteiger partial charge is 0.321 e. The van der Waals surface area contributed by atoms with Crippen molar-refractivity contribution in [3.63, 3.8) is 0 Å². The van der Waals surface area contributed by atoms with E-state index in [1.54, 1.807) is 17.7 Å². The summed E-state index contributed by atoms with van der Waals surface area (Å²) in [5.74, 6) is -0.117. The van der Waals surface area contributed by atoms with E-state index in [1.807, 2.05) is 0 Å². The Morgan fingerprint density at radius 2 is 2.04 bits per heavy atom. The molecule has 4 rings (SSSR count). The van der Waals surface area contributed by atoms with Crippen LogP contribution in [0.25, 0.3) is 10.2 Å². The van der Waals surface area contributed by atoms with Gasteiger partial charge in [0.25, 0.3) is 0 Å². The molecule has 0 bridgehead atoms. The Labute approximate surface area is 154 Å². The van der Waals surface area contributed by atoms with Crippen LogP contribution < -0.4 is 10.6 Å². The lowest BCUT2D eigenvalue weighted by molar-refractivity contribution is -0.117. The second-order valence-corrected chi connectivity index (χ2v) is 8.56. The lowest BCUT2D eigenvalue weighted by atomic mass is 10.2. The van der Waals surface area contributed by atoms with Gasteiger partial charge in [0.05, 0.1) is 5.75 Å². The number of thioether (sulfide) groups is 1. The van der Waals surface area contributed by atoms with Gasteiger partial charge in [0, 0.05) is 16.3 Å². The standard InChI is InChI=1S/C17H20N4O2S2/c22-13(21-17(23)20-10-4-1-2-5-10)8-24-15-14-11-6-3-7-12(11)25-16(14)19-9-18-15/h9-10H,1-8H2,(H2,20,21,22,23). The lowest BCUT2D eigenvalue weighted by Crippen LogP contribution is -2.44. The number of nitrogens with zero attached hydrogens (tertiary/aromatic N) is 2. The number of urea groups is 1. The summed E-state index contributed by atoms with van der Waals surface area (Å²) in [5, 5.41) is 7.23. The van der Waals surface area contributed by atoms with E-state index in [2.05, 4.69) is 20.6 Å². The average molecular weight is 377 g/mol. The van der Waals surface area contributed by atoms with Crippen molar-refractivity contribution < 1.29 is 9.59 Å². The van der Waals surface area contributed by atoms with Crippen molar-refractivity contribution in [2.24, 2.45) is 0 Å². The summed E-state index contributed by atoms with van der Waals surface area (Å²) in [4.78, 5) is 35.1. The number of imide groups is 1. The van der Waals surface area contributed by atoms with E-state index in [1.165, 1.54) is 28.6 Å². The third-order valence-corrected chi connectivity index (χ3v) is 6.94. The molecule has 0 spiro atoms. The molecule has 0 atom stereocenters. The average Bonchev–Trinajstić information content (AvgIpc) is 3.29. The number of thiophene rings is 1. The van der Waals surface area contributed by atoms with Crippen molar-refractivity contribution in [3.8, 4) is 0 Å². The van der Waals surface area contributed by atoms with E-state index in [0.29, 0.717) is 0 Å². The van der Waals surface area contributed by atoms with Crippen LogP contribution in [0.3, 0.4) is 0 Å². The van der Waals surface area contributed by atoms with Crippen LogP contribution in [0.2, 0.25) is 0 Å². The molecule has 2 aromatic heterocycles. The summed E-state index contributed by atoms with van der Waals surface area (Å²) < 4.78 is 0. The van der Waals surface area contributed by atoms with Gasteiger partial charge in [0.15, 0.2) is 0 Å². The maximum Gasteiger partial charge on any atom is 0.321 e. The summed E-state index contributed by atoms with van der Waals surface area (Å²) in [5.41, 5.74) is 1.35. The van der Waals surface area contributed by atoms with Gasteiger partial charge in [0.2, 0.25) is 5.91 Å². The third kappa shape index (κ3) is 3.64. The molecule has 0 radical (unpaired) electrons. The number of aryl methyl sites for hydroxylation is 2. The first-order valence-corrected chi connectivity index (χ1v) is 10.5. The maximum absolute atomic E-state index is 12.1. The third-order valence-electron chi connectivity index (χ3n) is 4.75. The molecule has 0 unspecified atom stereocenters. The van der Waals surface area contributed by atoms with Crippen LogP contribution in [-0.4, -0.2) is 33.7 Å². The van der Waals surface area contributed by atoms with Gasteiger partial charge in [-0.15, -0.1) is 11.3 Å². The fraction of sp³-hybridized carbons (Fsp3) is 0.529. The van der Waals surface area contributed by atoms with E-state index in [-0.39, 0.29) is 23.7 Å². The molecule has 1 saturated carbocycles. The molecule has 0 saturated heterocycles. The van der Waals surface area contributed by atoms with Crippen LogP contribution in [0.5, 0.6) is 0 Å². The molecule has 0 aromatic carbocycles. The minimum atomic E-state index is -0.387. The van der Waals surface area contributed by atoms with Crippen LogP contribution in [-0.2, 0) is 17.6 Å². The minimum absolute atomic E-state index is 0.175. The van der Waals surface area contributed by atoms with Gasteiger partial charge < -0.3 is 5.32 Å². The highest BCUT2D eigenvalue weighted by Crippen LogP contribution is 2.39. The Balaban J connectivity index is 1.37. The van der Waals surface area contributed by atoms with E-state index >= 15 is 0 Å². The zero-order chi connectivity index (χ0) is 17.2. The summed E-state index contributed by atoms with van der Waals surface area (Å²) in [7, 11) is 0. The lowest BCUT2D eigenvalue weighted by Gasteiger charge is -2.12. The topological polar surface area (TPSA) is 84.0 Å². The summed E-state index contributed by atoms with van der Waals surface area (Å²) in [6, 6.07) is -0.183. The molecule has 132 valence electrons.